The Morgan fingerprint density at radius 1 is 1.07 bits per heavy atom. The second kappa shape index (κ2) is 11.9. The summed E-state index contributed by atoms with van der Waals surface area (Å²) in [6.07, 6.45) is 0. The predicted molar refractivity (Wildman–Crippen MR) is 137 cm³/mol. The standard InChI is InChI=1S/C27H21F4N5O5/c1-35-23(21-19(28)10-18(40-3)11-20(21)29)22(34-25(37)14-5-8-17(9-6-14)41-27(30)31)26(38)36(35)24-15(12-32)4-7-16(33-24)13-39-2/h4-11,27H,13H2,1-3H3,(H,34,37). The summed E-state index contributed by atoms with van der Waals surface area (Å²) in [6, 6.07) is 11.1. The lowest BCUT2D eigenvalue weighted by Gasteiger charge is -2.14. The summed E-state index contributed by atoms with van der Waals surface area (Å²) in [4.78, 5) is 31.2. The lowest BCUT2D eigenvalue weighted by Crippen LogP contribution is -2.25. The monoisotopic (exact) mass is 571 g/mol. The van der Waals surface area contributed by atoms with E-state index in [4.69, 9.17) is 9.47 Å². The first kappa shape index (κ1) is 28.8. The minimum Gasteiger partial charge on any atom is -0.497 e. The van der Waals surface area contributed by atoms with Crippen molar-refractivity contribution in [3.05, 3.63) is 87.3 Å². The van der Waals surface area contributed by atoms with Crippen molar-refractivity contribution in [1.82, 2.24) is 14.3 Å². The molecular formula is C27H21F4N5O5. The summed E-state index contributed by atoms with van der Waals surface area (Å²) in [6.45, 7) is -3.05. The van der Waals surface area contributed by atoms with Crippen LogP contribution in [0.1, 0.15) is 21.6 Å². The van der Waals surface area contributed by atoms with Gasteiger partial charge in [-0.25, -0.2) is 13.8 Å². The van der Waals surface area contributed by atoms with E-state index in [2.05, 4.69) is 15.0 Å². The van der Waals surface area contributed by atoms with Crippen molar-refractivity contribution < 1.29 is 36.6 Å². The molecule has 0 saturated carbocycles. The number of carbonyl (C=O) groups is 1. The van der Waals surface area contributed by atoms with Gasteiger partial charge in [-0.1, -0.05) is 0 Å². The third kappa shape index (κ3) is 5.75. The Bertz CT molecular complexity index is 1690. The number of rotatable bonds is 9. The number of ether oxygens (including phenoxy) is 3. The van der Waals surface area contributed by atoms with E-state index in [-0.39, 0.29) is 40.7 Å². The van der Waals surface area contributed by atoms with Gasteiger partial charge in [0.2, 0.25) is 0 Å². The summed E-state index contributed by atoms with van der Waals surface area (Å²) < 4.78 is 71.7. The molecule has 4 rings (SSSR count). The van der Waals surface area contributed by atoms with Crippen LogP contribution in [0.3, 0.4) is 0 Å². The molecule has 2 aromatic heterocycles. The van der Waals surface area contributed by atoms with E-state index in [9.17, 15) is 23.6 Å². The fourth-order valence-electron chi connectivity index (χ4n) is 4.07. The Kier molecular flexibility index (Phi) is 8.39. The van der Waals surface area contributed by atoms with Crippen molar-refractivity contribution >= 4 is 11.6 Å². The molecule has 1 N–H and O–H groups in total. The van der Waals surface area contributed by atoms with Crippen LogP contribution in [0.2, 0.25) is 0 Å². The van der Waals surface area contributed by atoms with Crippen LogP contribution in [0.25, 0.3) is 17.1 Å². The Balaban J connectivity index is 1.93. The van der Waals surface area contributed by atoms with E-state index < -0.39 is 41.0 Å². The molecule has 0 aliphatic carbocycles. The molecule has 0 aliphatic heterocycles. The van der Waals surface area contributed by atoms with E-state index in [0.29, 0.717) is 5.69 Å². The molecule has 0 saturated heterocycles. The number of nitrogens with zero attached hydrogens (tertiary/aromatic N) is 4. The smallest absolute Gasteiger partial charge is 0.387 e. The number of alkyl halides is 2. The number of nitriles is 1. The molecule has 14 heteroatoms. The fourth-order valence-corrected chi connectivity index (χ4v) is 4.07. The largest absolute Gasteiger partial charge is 0.497 e. The number of nitrogens with one attached hydrogen (secondary N) is 1. The zero-order valence-corrected chi connectivity index (χ0v) is 21.7. The van der Waals surface area contributed by atoms with Crippen LogP contribution in [0.15, 0.2) is 53.3 Å². The molecule has 0 bridgehead atoms. The summed E-state index contributed by atoms with van der Waals surface area (Å²) >= 11 is 0. The number of pyridine rings is 1. The van der Waals surface area contributed by atoms with Crippen LogP contribution in [-0.4, -0.2) is 41.1 Å². The van der Waals surface area contributed by atoms with Gasteiger partial charge in [0.15, 0.2) is 5.82 Å². The Morgan fingerprint density at radius 3 is 2.29 bits per heavy atom. The number of halogens is 4. The van der Waals surface area contributed by atoms with E-state index in [1.807, 2.05) is 6.07 Å². The molecule has 41 heavy (non-hydrogen) atoms. The number of anilines is 1. The maximum absolute atomic E-state index is 15.3. The van der Waals surface area contributed by atoms with Crippen LogP contribution in [0.5, 0.6) is 11.5 Å². The van der Waals surface area contributed by atoms with E-state index in [1.54, 1.807) is 0 Å². The van der Waals surface area contributed by atoms with Crippen molar-refractivity contribution in [2.75, 3.05) is 19.5 Å². The molecule has 2 heterocycles. The lowest BCUT2D eigenvalue weighted by molar-refractivity contribution is -0.0498. The highest BCUT2D eigenvalue weighted by atomic mass is 19.3. The van der Waals surface area contributed by atoms with Gasteiger partial charge in [-0.2, -0.15) is 18.7 Å². The van der Waals surface area contributed by atoms with Crippen LogP contribution >= 0.6 is 0 Å². The number of aromatic nitrogens is 3. The molecule has 0 spiro atoms. The normalized spacial score (nSPS) is 10.9. The van der Waals surface area contributed by atoms with Crippen molar-refractivity contribution in [2.45, 2.75) is 13.2 Å². The van der Waals surface area contributed by atoms with Crippen molar-refractivity contribution in [2.24, 2.45) is 7.05 Å². The Labute approximate surface area is 229 Å². The van der Waals surface area contributed by atoms with Gasteiger partial charge in [0.25, 0.3) is 11.5 Å². The first-order valence-corrected chi connectivity index (χ1v) is 11.7. The lowest BCUT2D eigenvalue weighted by atomic mass is 10.1. The van der Waals surface area contributed by atoms with E-state index >= 15 is 8.78 Å². The molecule has 1 amide bonds. The number of hydrogen-bond donors (Lipinski definition) is 1. The molecule has 212 valence electrons. The quantitative estimate of drug-likeness (QED) is 0.296. The number of methoxy groups -OCH3 is 2. The molecule has 0 aliphatic rings. The van der Waals surface area contributed by atoms with E-state index in [0.717, 1.165) is 45.8 Å². The molecule has 10 nitrogen and oxygen atoms in total. The summed E-state index contributed by atoms with van der Waals surface area (Å²) in [5, 5.41) is 12.0. The van der Waals surface area contributed by atoms with E-state index in [1.165, 1.54) is 33.4 Å². The SMILES string of the molecule is COCc1ccc(C#N)c(-n2c(=O)c(NC(=O)c3ccc(OC(F)F)cc3)c(-c3c(F)cc(OC)cc3F)n2C)n1. The van der Waals surface area contributed by atoms with Crippen LogP contribution in [-0.2, 0) is 18.4 Å². The van der Waals surface area contributed by atoms with Crippen molar-refractivity contribution in [1.29, 1.82) is 5.26 Å². The van der Waals surface area contributed by atoms with Gasteiger partial charge >= 0.3 is 6.61 Å². The van der Waals surface area contributed by atoms with Gasteiger partial charge in [0.1, 0.15) is 40.6 Å². The number of amides is 1. The van der Waals surface area contributed by atoms with Crippen molar-refractivity contribution in [3.8, 4) is 34.6 Å². The number of benzene rings is 2. The molecule has 0 fully saturated rings. The third-order valence-corrected chi connectivity index (χ3v) is 5.88. The number of carbonyl (C=O) groups excluding carboxylic acids is 1. The first-order chi connectivity index (χ1) is 19.6. The van der Waals surface area contributed by atoms with Gasteiger partial charge in [0, 0.05) is 31.9 Å². The van der Waals surface area contributed by atoms with Gasteiger partial charge in [-0.3, -0.25) is 14.3 Å². The molecule has 0 radical (unpaired) electrons. The van der Waals surface area contributed by atoms with Gasteiger partial charge in [-0.15, -0.1) is 0 Å². The maximum Gasteiger partial charge on any atom is 0.387 e. The number of hydrogen-bond acceptors (Lipinski definition) is 7. The van der Waals surface area contributed by atoms with Crippen LogP contribution in [0, 0.1) is 23.0 Å². The highest BCUT2D eigenvalue weighted by Gasteiger charge is 2.29. The minimum absolute atomic E-state index is 0.0291. The zero-order chi connectivity index (χ0) is 29.8. The van der Waals surface area contributed by atoms with Gasteiger partial charge in [0.05, 0.1) is 30.5 Å². The predicted octanol–water partition coefficient (Wildman–Crippen LogP) is 4.40. The third-order valence-electron chi connectivity index (χ3n) is 5.88. The first-order valence-electron chi connectivity index (χ1n) is 11.7. The van der Waals surface area contributed by atoms with Gasteiger partial charge in [-0.05, 0) is 36.4 Å². The van der Waals surface area contributed by atoms with Crippen molar-refractivity contribution in [3.63, 3.8) is 0 Å². The molecule has 0 unspecified atom stereocenters. The highest BCUT2D eigenvalue weighted by Crippen LogP contribution is 2.34. The van der Waals surface area contributed by atoms with Crippen LogP contribution < -0.4 is 20.3 Å². The summed E-state index contributed by atoms with van der Waals surface area (Å²) in [5.74, 6) is -3.65. The average molecular weight is 571 g/mol. The average Bonchev–Trinajstić information content (AvgIpc) is 3.17. The molecular weight excluding hydrogens is 550 g/mol. The zero-order valence-electron chi connectivity index (χ0n) is 21.7. The van der Waals surface area contributed by atoms with Crippen LogP contribution in [0.4, 0.5) is 23.2 Å². The Morgan fingerprint density at radius 2 is 1.73 bits per heavy atom. The summed E-state index contributed by atoms with van der Waals surface area (Å²) in [5.41, 5.74) is -2.37. The topological polar surface area (TPSA) is 120 Å². The minimum atomic E-state index is -3.08. The second-order valence-electron chi connectivity index (χ2n) is 8.41. The molecule has 0 atom stereocenters. The fraction of sp³-hybridized carbons (Fsp3) is 0.185. The van der Waals surface area contributed by atoms with Gasteiger partial charge < -0.3 is 19.5 Å². The summed E-state index contributed by atoms with van der Waals surface area (Å²) in [7, 11) is 3.92. The highest BCUT2D eigenvalue weighted by molar-refractivity contribution is 6.06. The molecule has 4 aromatic rings. The second-order valence-corrected chi connectivity index (χ2v) is 8.41. The molecule has 2 aromatic carbocycles. The Hall–Kier alpha value is -5.16. The maximum atomic E-state index is 15.3.